The van der Waals surface area contributed by atoms with Gasteiger partial charge >= 0.3 is 0 Å². The van der Waals surface area contributed by atoms with Crippen molar-refractivity contribution in [3.63, 3.8) is 0 Å². The number of ether oxygens (including phenoxy) is 1. The molecule has 1 amide bonds. The van der Waals surface area contributed by atoms with E-state index < -0.39 is 11.6 Å². The van der Waals surface area contributed by atoms with E-state index in [4.69, 9.17) is 16.3 Å². The van der Waals surface area contributed by atoms with Crippen LogP contribution in [0.1, 0.15) is 21.5 Å². The fourth-order valence-electron chi connectivity index (χ4n) is 3.10. The fourth-order valence-corrected chi connectivity index (χ4v) is 3.31. The third-order valence-corrected chi connectivity index (χ3v) is 4.84. The van der Waals surface area contributed by atoms with Gasteiger partial charge in [-0.1, -0.05) is 35.9 Å². The van der Waals surface area contributed by atoms with Gasteiger partial charge in [-0.2, -0.15) is 5.10 Å². The Labute approximate surface area is 188 Å². The molecule has 0 aliphatic rings. The number of carbonyl (C=O) groups is 1. The highest BCUT2D eigenvalue weighted by molar-refractivity contribution is 6.30. The highest BCUT2D eigenvalue weighted by Crippen LogP contribution is 2.20. The number of benzene rings is 3. The number of nitrogens with zero attached hydrogens (tertiary/aromatic N) is 2. The van der Waals surface area contributed by atoms with Gasteiger partial charge in [-0.15, -0.1) is 0 Å². The van der Waals surface area contributed by atoms with Gasteiger partial charge in [0.25, 0.3) is 5.91 Å². The van der Waals surface area contributed by atoms with Crippen molar-refractivity contribution < 1.29 is 18.3 Å². The molecule has 0 radical (unpaired) electrons. The van der Waals surface area contributed by atoms with Crippen molar-refractivity contribution in [2.24, 2.45) is 0 Å². The molecule has 0 saturated heterocycles. The van der Waals surface area contributed by atoms with Gasteiger partial charge in [0.05, 0.1) is 18.4 Å². The highest BCUT2D eigenvalue weighted by atomic mass is 35.5. The van der Waals surface area contributed by atoms with Crippen LogP contribution in [0.3, 0.4) is 0 Å². The molecule has 1 aromatic heterocycles. The summed E-state index contributed by atoms with van der Waals surface area (Å²) < 4.78 is 33.8. The predicted octanol–water partition coefficient (Wildman–Crippen LogP) is 5.69. The summed E-state index contributed by atoms with van der Waals surface area (Å²) in [6.45, 7) is 0.546. The Morgan fingerprint density at radius 3 is 2.66 bits per heavy atom. The van der Waals surface area contributed by atoms with Crippen molar-refractivity contribution in [3.8, 4) is 5.75 Å². The zero-order chi connectivity index (χ0) is 22.5. The quantitative estimate of drug-likeness (QED) is 0.391. The molecule has 3 aromatic carbocycles. The summed E-state index contributed by atoms with van der Waals surface area (Å²) in [4.78, 5) is 12.6. The second kappa shape index (κ2) is 9.62. The van der Waals surface area contributed by atoms with Gasteiger partial charge in [0.2, 0.25) is 0 Å². The van der Waals surface area contributed by atoms with Gasteiger partial charge < -0.3 is 10.1 Å². The minimum atomic E-state index is -0.784. The minimum absolute atomic E-state index is 0.0290. The van der Waals surface area contributed by atoms with Crippen molar-refractivity contribution in [3.05, 3.63) is 112 Å². The maximum absolute atomic E-state index is 13.7. The van der Waals surface area contributed by atoms with Crippen molar-refractivity contribution in [1.82, 2.24) is 9.78 Å². The van der Waals surface area contributed by atoms with E-state index in [1.54, 1.807) is 47.4 Å². The molecule has 0 spiro atoms. The van der Waals surface area contributed by atoms with Gasteiger partial charge in [-0.25, -0.2) is 8.78 Å². The lowest BCUT2D eigenvalue weighted by atomic mass is 10.1. The standard InChI is InChI=1S/C24H18ClF2N3O2/c25-19-6-2-3-16(10-19)13-30-14-21(12-28-30)29-24(31)18-5-1-4-17(9-18)15-32-23-8-7-20(26)11-22(23)27/h1-12,14H,13,15H2,(H,29,31). The third-order valence-electron chi connectivity index (χ3n) is 4.60. The van der Waals surface area contributed by atoms with E-state index >= 15 is 0 Å². The molecule has 8 heteroatoms. The molecule has 4 aromatic rings. The number of halogens is 3. The molecule has 0 unspecified atom stereocenters. The zero-order valence-corrected chi connectivity index (χ0v) is 17.5. The van der Waals surface area contributed by atoms with E-state index in [2.05, 4.69) is 10.4 Å². The van der Waals surface area contributed by atoms with Gasteiger partial charge in [-0.05, 0) is 47.5 Å². The van der Waals surface area contributed by atoms with Crippen LogP contribution in [0.5, 0.6) is 5.75 Å². The van der Waals surface area contributed by atoms with Crippen LogP contribution in [0.15, 0.2) is 79.1 Å². The van der Waals surface area contributed by atoms with Crippen LogP contribution in [-0.2, 0) is 13.2 Å². The van der Waals surface area contributed by atoms with E-state index in [9.17, 15) is 13.6 Å². The minimum Gasteiger partial charge on any atom is -0.486 e. The first-order valence-electron chi connectivity index (χ1n) is 9.71. The monoisotopic (exact) mass is 453 g/mol. The average molecular weight is 454 g/mol. The van der Waals surface area contributed by atoms with E-state index in [1.165, 1.54) is 6.07 Å². The Kier molecular flexibility index (Phi) is 6.47. The molecule has 0 bridgehead atoms. The molecule has 1 heterocycles. The second-order valence-corrected chi connectivity index (χ2v) is 7.51. The Morgan fingerprint density at radius 2 is 1.84 bits per heavy atom. The number of rotatable bonds is 7. The highest BCUT2D eigenvalue weighted by Gasteiger charge is 2.10. The number of nitrogens with one attached hydrogen (secondary N) is 1. The number of hydrogen-bond acceptors (Lipinski definition) is 3. The normalized spacial score (nSPS) is 10.7. The van der Waals surface area contributed by atoms with Crippen LogP contribution in [-0.4, -0.2) is 15.7 Å². The van der Waals surface area contributed by atoms with Crippen LogP contribution in [0.2, 0.25) is 5.02 Å². The maximum Gasteiger partial charge on any atom is 0.255 e. The molecule has 0 fully saturated rings. The summed E-state index contributed by atoms with van der Waals surface area (Å²) in [5.41, 5.74) is 2.61. The Hall–Kier alpha value is -3.71. The molecular weight excluding hydrogens is 436 g/mol. The third kappa shape index (κ3) is 5.50. The summed E-state index contributed by atoms with van der Waals surface area (Å²) in [5, 5.41) is 7.71. The largest absolute Gasteiger partial charge is 0.486 e. The number of carbonyl (C=O) groups excluding carboxylic acids is 1. The summed E-state index contributed by atoms with van der Waals surface area (Å²) in [5.74, 6) is -1.84. The number of aromatic nitrogens is 2. The first-order valence-corrected chi connectivity index (χ1v) is 10.1. The molecule has 4 rings (SSSR count). The summed E-state index contributed by atoms with van der Waals surface area (Å²) in [7, 11) is 0. The SMILES string of the molecule is O=C(Nc1cnn(Cc2cccc(Cl)c2)c1)c1cccc(COc2ccc(F)cc2F)c1. The van der Waals surface area contributed by atoms with Crippen molar-refractivity contribution >= 4 is 23.2 Å². The second-order valence-electron chi connectivity index (χ2n) is 7.07. The smallest absolute Gasteiger partial charge is 0.255 e. The Balaban J connectivity index is 1.38. The molecule has 0 saturated carbocycles. The van der Waals surface area contributed by atoms with Crippen LogP contribution >= 0.6 is 11.6 Å². The fraction of sp³-hybridized carbons (Fsp3) is 0.0833. The van der Waals surface area contributed by atoms with Gasteiger partial charge in [0, 0.05) is 22.8 Å². The molecule has 1 N–H and O–H groups in total. The van der Waals surface area contributed by atoms with Crippen molar-refractivity contribution in [2.45, 2.75) is 13.2 Å². The Bertz CT molecular complexity index is 1260. The maximum atomic E-state index is 13.7. The topological polar surface area (TPSA) is 56.2 Å². The lowest BCUT2D eigenvalue weighted by Crippen LogP contribution is -2.12. The summed E-state index contributed by atoms with van der Waals surface area (Å²) >= 11 is 6.01. The molecule has 162 valence electrons. The van der Waals surface area contributed by atoms with Crippen LogP contribution in [0, 0.1) is 11.6 Å². The molecule has 0 aliphatic heterocycles. The average Bonchev–Trinajstić information content (AvgIpc) is 3.20. The summed E-state index contributed by atoms with van der Waals surface area (Å²) in [6, 6.07) is 17.3. The lowest BCUT2D eigenvalue weighted by molar-refractivity contribution is 0.102. The van der Waals surface area contributed by atoms with Gasteiger partial charge in [0.1, 0.15) is 12.4 Å². The van der Waals surface area contributed by atoms with Crippen LogP contribution < -0.4 is 10.1 Å². The van der Waals surface area contributed by atoms with Crippen LogP contribution in [0.4, 0.5) is 14.5 Å². The first-order chi connectivity index (χ1) is 15.5. The molecule has 5 nitrogen and oxygen atoms in total. The van der Waals surface area contributed by atoms with Gasteiger partial charge in [-0.3, -0.25) is 9.48 Å². The Morgan fingerprint density at radius 1 is 1.03 bits per heavy atom. The summed E-state index contributed by atoms with van der Waals surface area (Å²) in [6.07, 6.45) is 3.29. The predicted molar refractivity (Wildman–Crippen MR) is 118 cm³/mol. The van der Waals surface area contributed by atoms with Crippen molar-refractivity contribution in [1.29, 1.82) is 0 Å². The number of amides is 1. The van der Waals surface area contributed by atoms with E-state index in [0.29, 0.717) is 28.4 Å². The number of anilines is 1. The molecular formula is C24H18ClF2N3O2. The molecule has 32 heavy (non-hydrogen) atoms. The van der Waals surface area contributed by atoms with Gasteiger partial charge in [0.15, 0.2) is 11.6 Å². The van der Waals surface area contributed by atoms with E-state index in [0.717, 1.165) is 17.7 Å². The number of hydrogen-bond donors (Lipinski definition) is 1. The lowest BCUT2D eigenvalue weighted by Gasteiger charge is -2.09. The zero-order valence-electron chi connectivity index (χ0n) is 16.8. The van der Waals surface area contributed by atoms with E-state index in [-0.39, 0.29) is 18.3 Å². The molecule has 0 aliphatic carbocycles. The first kappa shape index (κ1) is 21.5. The van der Waals surface area contributed by atoms with E-state index in [1.807, 2.05) is 18.2 Å². The molecule has 0 atom stereocenters. The van der Waals surface area contributed by atoms with Crippen molar-refractivity contribution in [2.75, 3.05) is 5.32 Å². The van der Waals surface area contributed by atoms with Crippen LogP contribution in [0.25, 0.3) is 0 Å².